The highest BCUT2D eigenvalue weighted by molar-refractivity contribution is 7.93. The summed E-state index contributed by atoms with van der Waals surface area (Å²) in [5, 5.41) is -2.47. The zero-order valence-electron chi connectivity index (χ0n) is 28.0. The molecule has 0 radical (unpaired) electrons. The SMILES string of the molecule is COc1c2occc2c(S(=O)(=O)Nn2c(=O)c3cc4c(=O)n(NS(=O)(=O)c5c6ccoc6c(OC)c6oc(=O)ccc56)c(=O)c4cc3c2=O)c2ccc(=O)oc12. The van der Waals surface area contributed by atoms with Crippen molar-refractivity contribution in [2.45, 2.75) is 9.79 Å². The van der Waals surface area contributed by atoms with Gasteiger partial charge in [0.2, 0.25) is 11.5 Å². The summed E-state index contributed by atoms with van der Waals surface area (Å²) in [7, 11) is -7.35. The first kappa shape index (κ1) is 34.3. The van der Waals surface area contributed by atoms with Gasteiger partial charge in [0.15, 0.2) is 22.3 Å². The molecule has 20 nitrogen and oxygen atoms in total. The largest absolute Gasteiger partial charge is 0.490 e. The van der Waals surface area contributed by atoms with Crippen LogP contribution in [0.5, 0.6) is 11.5 Å². The Kier molecular flexibility index (Phi) is 7.06. The van der Waals surface area contributed by atoms with Gasteiger partial charge in [-0.1, -0.05) is 0 Å². The van der Waals surface area contributed by atoms with Gasteiger partial charge in [0.05, 0.1) is 48.3 Å². The number of fused-ring (bicyclic) bond motifs is 6. The molecule has 0 spiro atoms. The van der Waals surface area contributed by atoms with Gasteiger partial charge < -0.3 is 27.1 Å². The predicted octanol–water partition coefficient (Wildman–Crippen LogP) is 1.50. The van der Waals surface area contributed by atoms with Crippen LogP contribution in [0.15, 0.2) is 117 Å². The van der Waals surface area contributed by atoms with Gasteiger partial charge in [-0.25, -0.2) is 19.3 Å². The zero-order chi connectivity index (χ0) is 39.6. The predicted molar refractivity (Wildman–Crippen MR) is 196 cm³/mol. The van der Waals surface area contributed by atoms with Gasteiger partial charge in [-0.2, -0.15) is 26.2 Å². The lowest BCUT2D eigenvalue weighted by molar-refractivity contribution is 0.402. The fourth-order valence-electron chi connectivity index (χ4n) is 6.77. The molecule has 0 unspecified atom stereocenters. The monoisotopic (exact) mass is 802 g/mol. The number of furan rings is 2. The van der Waals surface area contributed by atoms with E-state index in [1.165, 1.54) is 26.4 Å². The summed E-state index contributed by atoms with van der Waals surface area (Å²) in [6.45, 7) is 0. The number of nitrogens with zero attached hydrogens (tertiary/aromatic N) is 2. The lowest BCUT2D eigenvalue weighted by atomic mass is 10.1. The van der Waals surface area contributed by atoms with Gasteiger partial charge in [-0.3, -0.25) is 19.2 Å². The van der Waals surface area contributed by atoms with Crippen molar-refractivity contribution in [3.63, 3.8) is 0 Å². The van der Waals surface area contributed by atoms with Crippen LogP contribution in [-0.2, 0) is 20.0 Å². The Hall–Kier alpha value is -7.46. The number of sulfonamides is 2. The highest BCUT2D eigenvalue weighted by atomic mass is 32.2. The second-order valence-corrected chi connectivity index (χ2v) is 15.3. The second kappa shape index (κ2) is 11.5. The van der Waals surface area contributed by atoms with E-state index < -0.39 is 84.9 Å². The Balaban J connectivity index is 1.17. The third-order valence-electron chi connectivity index (χ3n) is 9.06. The standard InChI is InChI=1S/C34H18N4O16S2/c1-49-27-23-15(7-9-51-23)29(13-3-5-21(39)53-25(13)27)55(45,46)35-37-31(41)17-11-19-20(12-18(17)32(37)42)34(44)38(33(19)43)36-56(47,48)30-14-4-6-22(40)54-26(14)28(50-2)24-16(30)8-10-52-24/h3-12,35-36H,1-2H3. The van der Waals surface area contributed by atoms with Crippen molar-refractivity contribution >= 4 is 85.5 Å². The summed E-state index contributed by atoms with van der Waals surface area (Å²) < 4.78 is 88.0. The van der Waals surface area contributed by atoms with Crippen molar-refractivity contribution in [2.75, 3.05) is 23.9 Å². The number of benzene rings is 3. The molecule has 22 heteroatoms. The summed E-state index contributed by atoms with van der Waals surface area (Å²) in [6.07, 6.45) is 2.28. The van der Waals surface area contributed by atoms with Crippen LogP contribution in [0.1, 0.15) is 0 Å². The number of hydrogen-bond acceptors (Lipinski definition) is 16. The maximum absolute atomic E-state index is 14.0. The molecule has 0 saturated carbocycles. The van der Waals surface area contributed by atoms with Gasteiger partial charge in [0, 0.05) is 33.7 Å². The van der Waals surface area contributed by atoms with Gasteiger partial charge in [-0.05, 0) is 36.4 Å². The van der Waals surface area contributed by atoms with Crippen LogP contribution in [0.3, 0.4) is 0 Å². The van der Waals surface area contributed by atoms with Gasteiger partial charge >= 0.3 is 11.3 Å². The number of aromatic nitrogens is 2. The molecule has 9 rings (SSSR count). The van der Waals surface area contributed by atoms with Crippen LogP contribution in [0, 0.1) is 0 Å². The van der Waals surface area contributed by atoms with Crippen molar-refractivity contribution in [3.8, 4) is 11.5 Å². The second-order valence-electron chi connectivity index (χ2n) is 12.1. The first-order chi connectivity index (χ1) is 26.7. The Morgan fingerprint density at radius 2 is 0.821 bits per heavy atom. The highest BCUT2D eigenvalue weighted by Crippen LogP contribution is 2.42. The molecular formula is C34H18N4O16S2. The quantitative estimate of drug-likeness (QED) is 0.206. The summed E-state index contributed by atoms with van der Waals surface area (Å²) in [4.78, 5) is 81.4. The maximum Gasteiger partial charge on any atom is 0.336 e. The Bertz CT molecular complexity index is 3480. The van der Waals surface area contributed by atoms with E-state index in [0.717, 1.165) is 48.9 Å². The smallest absolute Gasteiger partial charge is 0.336 e. The number of methoxy groups -OCH3 is 2. The summed E-state index contributed by atoms with van der Waals surface area (Å²) in [5.74, 6) is -0.198. The molecule has 0 aliphatic carbocycles. The van der Waals surface area contributed by atoms with Crippen molar-refractivity contribution in [1.29, 1.82) is 0 Å². The van der Waals surface area contributed by atoms with Crippen LogP contribution in [0.2, 0.25) is 0 Å². The van der Waals surface area contributed by atoms with E-state index in [1.54, 1.807) is 0 Å². The Labute approximate surface area is 306 Å². The number of hydrogen-bond donors (Lipinski definition) is 2. The maximum atomic E-state index is 14.0. The molecule has 0 fully saturated rings. The summed E-state index contributed by atoms with van der Waals surface area (Å²) in [6, 6.07) is 8.43. The molecule has 3 aromatic carbocycles. The molecule has 6 aromatic heterocycles. The lowest BCUT2D eigenvalue weighted by Gasteiger charge is -2.13. The van der Waals surface area contributed by atoms with E-state index in [4.69, 9.17) is 27.1 Å². The van der Waals surface area contributed by atoms with E-state index in [0.29, 0.717) is 0 Å². The minimum atomic E-state index is -4.91. The zero-order valence-corrected chi connectivity index (χ0v) is 29.6. The molecule has 0 amide bonds. The molecule has 0 atom stereocenters. The van der Waals surface area contributed by atoms with Crippen LogP contribution < -0.4 is 52.6 Å². The van der Waals surface area contributed by atoms with Crippen molar-refractivity contribution in [1.82, 2.24) is 9.35 Å². The molecule has 282 valence electrons. The third kappa shape index (κ3) is 4.62. The Morgan fingerprint density at radius 1 is 0.482 bits per heavy atom. The first-order valence-electron chi connectivity index (χ1n) is 15.7. The van der Waals surface area contributed by atoms with Gasteiger partial charge in [0.25, 0.3) is 42.3 Å². The molecule has 56 heavy (non-hydrogen) atoms. The van der Waals surface area contributed by atoms with E-state index >= 15 is 0 Å². The summed E-state index contributed by atoms with van der Waals surface area (Å²) in [5.41, 5.74) is -7.58. The molecule has 6 heterocycles. The molecule has 0 aliphatic rings. The first-order valence-corrected chi connectivity index (χ1v) is 18.7. The van der Waals surface area contributed by atoms with Gasteiger partial charge in [-0.15, -0.1) is 0 Å². The van der Waals surface area contributed by atoms with Crippen LogP contribution in [0.25, 0.3) is 65.4 Å². The van der Waals surface area contributed by atoms with E-state index in [9.17, 15) is 45.6 Å². The van der Waals surface area contributed by atoms with E-state index in [2.05, 4.69) is 0 Å². The summed E-state index contributed by atoms with van der Waals surface area (Å²) >= 11 is 0. The Morgan fingerprint density at radius 3 is 1.16 bits per heavy atom. The van der Waals surface area contributed by atoms with Crippen LogP contribution >= 0.6 is 0 Å². The molecule has 2 N–H and O–H groups in total. The average molecular weight is 803 g/mol. The lowest BCUT2D eigenvalue weighted by Crippen LogP contribution is -2.38. The molecular weight excluding hydrogens is 785 g/mol. The normalized spacial score (nSPS) is 12.5. The molecule has 0 bridgehead atoms. The third-order valence-corrected chi connectivity index (χ3v) is 11.9. The number of ether oxygens (including phenoxy) is 2. The fourth-order valence-corrected chi connectivity index (χ4v) is 9.57. The topological polar surface area (TPSA) is 276 Å². The minimum absolute atomic E-state index is 0.0642. The number of rotatable bonds is 8. The molecule has 9 aromatic rings. The van der Waals surface area contributed by atoms with E-state index in [-0.39, 0.29) is 64.7 Å². The van der Waals surface area contributed by atoms with Crippen molar-refractivity contribution < 1.29 is 44.0 Å². The van der Waals surface area contributed by atoms with Gasteiger partial charge in [0.1, 0.15) is 9.79 Å². The molecule has 0 saturated heterocycles. The highest BCUT2D eigenvalue weighted by Gasteiger charge is 2.32. The minimum Gasteiger partial charge on any atom is -0.490 e. The molecule has 0 aliphatic heterocycles. The average Bonchev–Trinajstić information content (AvgIpc) is 3.93. The van der Waals surface area contributed by atoms with Crippen LogP contribution in [0.4, 0.5) is 0 Å². The van der Waals surface area contributed by atoms with E-state index in [1.807, 2.05) is 9.66 Å². The van der Waals surface area contributed by atoms with Crippen molar-refractivity contribution in [2.24, 2.45) is 0 Å². The van der Waals surface area contributed by atoms with Crippen LogP contribution in [-0.4, -0.2) is 40.4 Å². The fraction of sp³-hybridized carbons (Fsp3) is 0.0588. The van der Waals surface area contributed by atoms with Crippen molar-refractivity contribution in [3.05, 3.63) is 123 Å². The number of nitrogens with one attached hydrogen (secondary N) is 2.